The Hall–Kier alpha value is -2.11. The molecule has 0 radical (unpaired) electrons. The summed E-state index contributed by atoms with van der Waals surface area (Å²) in [7, 11) is 0. The molecule has 6 heteroatoms. The molecule has 2 aliphatic heterocycles. The summed E-state index contributed by atoms with van der Waals surface area (Å²) in [6.07, 6.45) is 2.92. The van der Waals surface area contributed by atoms with Gasteiger partial charge in [0.2, 0.25) is 11.8 Å². The van der Waals surface area contributed by atoms with Gasteiger partial charge in [0, 0.05) is 25.2 Å². The summed E-state index contributed by atoms with van der Waals surface area (Å²) in [4.78, 5) is 24.8. The first kappa shape index (κ1) is 13.9. The summed E-state index contributed by atoms with van der Waals surface area (Å²) in [5, 5.41) is 5.27. The van der Waals surface area contributed by atoms with E-state index in [-0.39, 0.29) is 17.6 Å². The molecule has 0 unspecified atom stereocenters. The summed E-state index contributed by atoms with van der Waals surface area (Å²) in [6, 6.07) is 4.45. The van der Waals surface area contributed by atoms with E-state index in [1.165, 1.54) is 6.07 Å². The Kier molecular flexibility index (Phi) is 3.77. The highest BCUT2D eigenvalue weighted by Gasteiger charge is 2.26. The number of rotatable bonds is 3. The summed E-state index contributed by atoms with van der Waals surface area (Å²) in [6.45, 7) is 1.77. The maximum absolute atomic E-state index is 14.2. The van der Waals surface area contributed by atoms with Gasteiger partial charge in [-0.25, -0.2) is 4.39 Å². The van der Waals surface area contributed by atoms with Gasteiger partial charge in [0.05, 0.1) is 5.69 Å². The van der Waals surface area contributed by atoms with Crippen molar-refractivity contribution in [1.82, 2.24) is 5.32 Å². The summed E-state index contributed by atoms with van der Waals surface area (Å²) >= 11 is 0. The Morgan fingerprint density at radius 2 is 2.00 bits per heavy atom. The number of carbonyl (C=O) groups excluding carboxylic acids is 2. The third-order valence-electron chi connectivity index (χ3n) is 3.97. The quantitative estimate of drug-likeness (QED) is 0.831. The number of carbonyl (C=O) groups is 2. The van der Waals surface area contributed by atoms with E-state index in [1.807, 2.05) is 4.90 Å². The summed E-state index contributed by atoms with van der Waals surface area (Å²) in [5.41, 5.74) is 1.17. The van der Waals surface area contributed by atoms with Crippen LogP contribution in [0.25, 0.3) is 0 Å². The van der Waals surface area contributed by atoms with E-state index < -0.39 is 6.04 Å². The second kappa shape index (κ2) is 5.71. The molecular weight excluding hydrogens is 273 g/mol. The molecule has 0 saturated carbocycles. The number of nitrogens with one attached hydrogen (secondary N) is 2. The molecule has 2 saturated heterocycles. The zero-order valence-electron chi connectivity index (χ0n) is 11.7. The Morgan fingerprint density at radius 1 is 1.24 bits per heavy atom. The maximum atomic E-state index is 14.2. The normalized spacial score (nSPS) is 22.3. The number of imide groups is 1. The van der Waals surface area contributed by atoms with Crippen LogP contribution in [-0.2, 0) is 9.59 Å². The van der Waals surface area contributed by atoms with Gasteiger partial charge in [0.1, 0.15) is 11.9 Å². The lowest BCUT2D eigenvalue weighted by Gasteiger charge is -2.24. The van der Waals surface area contributed by atoms with Crippen molar-refractivity contribution in [3.05, 3.63) is 24.0 Å². The number of hydrogen-bond donors (Lipinski definition) is 2. The summed E-state index contributed by atoms with van der Waals surface area (Å²) in [5.74, 6) is -0.891. The van der Waals surface area contributed by atoms with E-state index in [9.17, 15) is 14.0 Å². The first-order valence-electron chi connectivity index (χ1n) is 7.28. The lowest BCUT2D eigenvalue weighted by Crippen LogP contribution is -2.47. The van der Waals surface area contributed by atoms with E-state index in [1.54, 1.807) is 12.1 Å². The average Bonchev–Trinajstić information content (AvgIpc) is 2.96. The highest BCUT2D eigenvalue weighted by atomic mass is 19.1. The largest absolute Gasteiger partial charge is 0.374 e. The van der Waals surface area contributed by atoms with Gasteiger partial charge in [-0.3, -0.25) is 14.9 Å². The molecule has 0 spiro atoms. The van der Waals surface area contributed by atoms with Crippen molar-refractivity contribution in [2.45, 2.75) is 31.7 Å². The van der Waals surface area contributed by atoms with Crippen LogP contribution in [0.4, 0.5) is 15.8 Å². The van der Waals surface area contributed by atoms with Crippen molar-refractivity contribution in [2.24, 2.45) is 0 Å². The van der Waals surface area contributed by atoms with Gasteiger partial charge in [-0.15, -0.1) is 0 Å². The lowest BCUT2D eigenvalue weighted by molar-refractivity contribution is -0.133. The molecule has 2 amide bonds. The number of benzene rings is 1. The molecular formula is C15H18FN3O2. The van der Waals surface area contributed by atoms with Gasteiger partial charge in [-0.05, 0) is 37.5 Å². The topological polar surface area (TPSA) is 61.4 Å². The van der Waals surface area contributed by atoms with E-state index >= 15 is 0 Å². The van der Waals surface area contributed by atoms with Gasteiger partial charge in [-0.2, -0.15) is 0 Å². The molecule has 2 fully saturated rings. The lowest BCUT2D eigenvalue weighted by atomic mass is 10.1. The molecule has 1 aromatic rings. The third-order valence-corrected chi connectivity index (χ3v) is 3.97. The molecule has 2 aliphatic rings. The number of piperidine rings is 1. The molecule has 0 aliphatic carbocycles. The van der Waals surface area contributed by atoms with Crippen LogP contribution in [0.5, 0.6) is 0 Å². The van der Waals surface area contributed by atoms with Crippen molar-refractivity contribution in [3.63, 3.8) is 0 Å². The van der Waals surface area contributed by atoms with Gasteiger partial charge in [0.15, 0.2) is 0 Å². The first-order chi connectivity index (χ1) is 10.1. The molecule has 5 nitrogen and oxygen atoms in total. The van der Waals surface area contributed by atoms with Crippen LogP contribution < -0.4 is 15.5 Å². The molecule has 1 atom stereocenters. The predicted molar refractivity (Wildman–Crippen MR) is 77.6 cm³/mol. The number of amides is 2. The molecule has 0 bridgehead atoms. The van der Waals surface area contributed by atoms with Crippen LogP contribution in [0.15, 0.2) is 18.2 Å². The van der Waals surface area contributed by atoms with E-state index in [4.69, 9.17) is 0 Å². The fourth-order valence-electron chi connectivity index (χ4n) is 2.84. The molecule has 0 aromatic heterocycles. The van der Waals surface area contributed by atoms with Gasteiger partial charge >= 0.3 is 0 Å². The Morgan fingerprint density at radius 3 is 2.67 bits per heavy atom. The minimum Gasteiger partial charge on any atom is -0.374 e. The van der Waals surface area contributed by atoms with E-state index in [2.05, 4.69) is 10.6 Å². The van der Waals surface area contributed by atoms with Crippen molar-refractivity contribution in [2.75, 3.05) is 23.3 Å². The van der Waals surface area contributed by atoms with Crippen LogP contribution in [0.3, 0.4) is 0 Å². The van der Waals surface area contributed by atoms with E-state index in [0.29, 0.717) is 24.2 Å². The minimum atomic E-state index is -0.486. The monoisotopic (exact) mass is 291 g/mol. The number of hydrogen-bond acceptors (Lipinski definition) is 4. The first-order valence-corrected chi connectivity index (χ1v) is 7.28. The molecule has 112 valence electrons. The number of anilines is 2. The minimum absolute atomic E-state index is 0.256. The van der Waals surface area contributed by atoms with Crippen molar-refractivity contribution in [1.29, 1.82) is 0 Å². The standard InChI is InChI=1S/C15H18FN3O2/c16-11-9-10(3-5-13(11)19-7-1-2-8-19)17-12-4-6-14(20)18-15(12)21/h3,5,9,12,17H,1-2,4,6-8H2,(H,18,20,21)/t12-/m0/s1. The fourth-order valence-corrected chi connectivity index (χ4v) is 2.84. The second-order valence-electron chi connectivity index (χ2n) is 5.51. The molecule has 2 heterocycles. The Balaban J connectivity index is 1.70. The second-order valence-corrected chi connectivity index (χ2v) is 5.51. The highest BCUT2D eigenvalue weighted by molar-refractivity contribution is 6.01. The number of halogens is 1. The zero-order chi connectivity index (χ0) is 14.8. The Bertz CT molecular complexity index is 570. The summed E-state index contributed by atoms with van der Waals surface area (Å²) < 4.78 is 14.2. The van der Waals surface area contributed by atoms with Gasteiger partial charge in [0.25, 0.3) is 0 Å². The maximum Gasteiger partial charge on any atom is 0.249 e. The predicted octanol–water partition coefficient (Wildman–Crippen LogP) is 1.64. The molecule has 2 N–H and O–H groups in total. The van der Waals surface area contributed by atoms with Crippen molar-refractivity contribution < 1.29 is 14.0 Å². The van der Waals surface area contributed by atoms with Gasteiger partial charge < -0.3 is 10.2 Å². The van der Waals surface area contributed by atoms with E-state index in [0.717, 1.165) is 25.9 Å². The average molecular weight is 291 g/mol. The van der Waals surface area contributed by atoms with Crippen LogP contribution in [0.2, 0.25) is 0 Å². The fraction of sp³-hybridized carbons (Fsp3) is 0.467. The van der Waals surface area contributed by atoms with Crippen LogP contribution >= 0.6 is 0 Å². The van der Waals surface area contributed by atoms with Gasteiger partial charge in [-0.1, -0.05) is 0 Å². The third kappa shape index (κ3) is 2.99. The van der Waals surface area contributed by atoms with Crippen LogP contribution in [0.1, 0.15) is 25.7 Å². The van der Waals surface area contributed by atoms with Crippen LogP contribution in [0, 0.1) is 5.82 Å². The molecule has 1 aromatic carbocycles. The van der Waals surface area contributed by atoms with Crippen molar-refractivity contribution in [3.8, 4) is 0 Å². The Labute approximate surface area is 122 Å². The van der Waals surface area contributed by atoms with Crippen molar-refractivity contribution >= 4 is 23.2 Å². The number of nitrogens with zero attached hydrogens (tertiary/aromatic N) is 1. The SMILES string of the molecule is O=C1CC[C@H](Nc2ccc(N3CCCC3)c(F)c2)C(=O)N1. The van der Waals surface area contributed by atoms with Crippen LogP contribution in [-0.4, -0.2) is 30.9 Å². The smallest absolute Gasteiger partial charge is 0.249 e. The molecule has 21 heavy (non-hydrogen) atoms. The molecule has 3 rings (SSSR count). The highest BCUT2D eigenvalue weighted by Crippen LogP contribution is 2.26. The zero-order valence-corrected chi connectivity index (χ0v) is 11.7.